The van der Waals surface area contributed by atoms with Gasteiger partial charge in [0.05, 0.1) is 12.8 Å². The highest BCUT2D eigenvalue weighted by molar-refractivity contribution is 4.97. The van der Waals surface area contributed by atoms with Crippen LogP contribution in [0.15, 0.2) is 22.8 Å². The normalized spacial score (nSPS) is 12.3. The Bertz CT molecular complexity index is 280. The van der Waals surface area contributed by atoms with Crippen molar-refractivity contribution in [1.29, 1.82) is 0 Å². The predicted octanol–water partition coefficient (Wildman–Crippen LogP) is 2.49. The molecule has 0 aliphatic rings. The van der Waals surface area contributed by atoms with Crippen LogP contribution in [0.1, 0.15) is 33.0 Å². The Morgan fingerprint density at radius 2 is 2.19 bits per heavy atom. The molecule has 0 amide bonds. The predicted molar refractivity (Wildman–Crippen MR) is 67.4 cm³/mol. The van der Waals surface area contributed by atoms with Gasteiger partial charge >= 0.3 is 0 Å². The maximum absolute atomic E-state index is 5.31. The summed E-state index contributed by atoms with van der Waals surface area (Å²) in [5.74, 6) is 1.03. The summed E-state index contributed by atoms with van der Waals surface area (Å²) in [5, 5.41) is 3.55. The molecule has 1 aromatic rings. The summed E-state index contributed by atoms with van der Waals surface area (Å²) in [5.41, 5.74) is 0.242. The smallest absolute Gasteiger partial charge is 0.117 e. The Morgan fingerprint density at radius 3 is 2.75 bits per heavy atom. The van der Waals surface area contributed by atoms with Crippen LogP contribution in [0.2, 0.25) is 0 Å². The minimum atomic E-state index is 0.242. The van der Waals surface area contributed by atoms with Gasteiger partial charge in [0.15, 0.2) is 0 Å². The van der Waals surface area contributed by atoms with Crippen molar-refractivity contribution in [2.75, 3.05) is 20.1 Å². The Balaban J connectivity index is 2.18. The van der Waals surface area contributed by atoms with Gasteiger partial charge in [0.1, 0.15) is 5.76 Å². The van der Waals surface area contributed by atoms with Gasteiger partial charge in [0, 0.05) is 18.6 Å². The molecule has 1 rings (SSSR count). The molecule has 0 fully saturated rings. The zero-order valence-electron chi connectivity index (χ0n) is 10.9. The van der Waals surface area contributed by atoms with Crippen LogP contribution in [0.25, 0.3) is 0 Å². The molecule has 0 aromatic carbocycles. The molecule has 3 nitrogen and oxygen atoms in total. The van der Waals surface area contributed by atoms with Crippen molar-refractivity contribution < 1.29 is 4.42 Å². The third-order valence-corrected chi connectivity index (χ3v) is 2.99. The highest BCUT2D eigenvalue weighted by Crippen LogP contribution is 2.06. The van der Waals surface area contributed by atoms with E-state index < -0.39 is 0 Å². The van der Waals surface area contributed by atoms with Crippen molar-refractivity contribution in [2.24, 2.45) is 0 Å². The minimum Gasteiger partial charge on any atom is -0.468 e. The fourth-order valence-electron chi connectivity index (χ4n) is 1.46. The standard InChI is InChI=1S/C13H24N2O/c1-5-13(2,3)14-8-9-15(4)11-12-7-6-10-16-12/h6-7,10,14H,5,8-9,11H2,1-4H3. The van der Waals surface area contributed by atoms with Crippen LogP contribution in [0.4, 0.5) is 0 Å². The maximum atomic E-state index is 5.31. The van der Waals surface area contributed by atoms with Gasteiger partial charge in [0.2, 0.25) is 0 Å². The molecule has 0 unspecified atom stereocenters. The molecule has 3 heteroatoms. The molecule has 0 bridgehead atoms. The van der Waals surface area contributed by atoms with E-state index in [1.807, 2.05) is 12.1 Å². The average Bonchev–Trinajstić information content (AvgIpc) is 2.70. The van der Waals surface area contributed by atoms with Crippen molar-refractivity contribution in [1.82, 2.24) is 10.2 Å². The van der Waals surface area contributed by atoms with E-state index in [0.717, 1.165) is 31.8 Å². The molecule has 0 atom stereocenters. The summed E-state index contributed by atoms with van der Waals surface area (Å²) in [6, 6.07) is 3.95. The molecule has 1 aromatic heterocycles. The van der Waals surface area contributed by atoms with Gasteiger partial charge in [-0.2, -0.15) is 0 Å². The second-order valence-electron chi connectivity index (χ2n) is 4.98. The van der Waals surface area contributed by atoms with Gasteiger partial charge < -0.3 is 9.73 Å². The Labute approximate surface area is 98.8 Å². The summed E-state index contributed by atoms with van der Waals surface area (Å²) in [6.07, 6.45) is 2.87. The molecule has 16 heavy (non-hydrogen) atoms. The van der Waals surface area contributed by atoms with Gasteiger partial charge in [-0.3, -0.25) is 4.90 Å². The summed E-state index contributed by atoms with van der Waals surface area (Å²) < 4.78 is 5.31. The van der Waals surface area contributed by atoms with Crippen LogP contribution in [0, 0.1) is 0 Å². The van der Waals surface area contributed by atoms with E-state index in [-0.39, 0.29) is 5.54 Å². The fraction of sp³-hybridized carbons (Fsp3) is 0.692. The Hall–Kier alpha value is -0.800. The molecule has 0 saturated carbocycles. The monoisotopic (exact) mass is 224 g/mol. The first-order valence-electron chi connectivity index (χ1n) is 5.99. The second kappa shape index (κ2) is 6.06. The topological polar surface area (TPSA) is 28.4 Å². The first kappa shape index (κ1) is 13.3. The molecule has 0 aliphatic heterocycles. The molecule has 1 N–H and O–H groups in total. The zero-order valence-corrected chi connectivity index (χ0v) is 10.9. The lowest BCUT2D eigenvalue weighted by Crippen LogP contribution is -2.42. The molecule has 0 aliphatic carbocycles. The Kier molecular flexibility index (Phi) is 5.03. The minimum absolute atomic E-state index is 0.242. The van der Waals surface area contributed by atoms with Crippen LogP contribution in [0.3, 0.4) is 0 Å². The van der Waals surface area contributed by atoms with E-state index in [1.54, 1.807) is 6.26 Å². The second-order valence-corrected chi connectivity index (χ2v) is 4.98. The third kappa shape index (κ3) is 4.81. The highest BCUT2D eigenvalue weighted by Gasteiger charge is 2.13. The van der Waals surface area contributed by atoms with Gasteiger partial charge in [-0.25, -0.2) is 0 Å². The highest BCUT2D eigenvalue weighted by atomic mass is 16.3. The fourth-order valence-corrected chi connectivity index (χ4v) is 1.46. The van der Waals surface area contributed by atoms with Crippen molar-refractivity contribution in [3.8, 4) is 0 Å². The van der Waals surface area contributed by atoms with Crippen molar-refractivity contribution in [2.45, 2.75) is 39.3 Å². The van der Waals surface area contributed by atoms with Crippen molar-refractivity contribution in [3.63, 3.8) is 0 Å². The number of hydrogen-bond acceptors (Lipinski definition) is 3. The van der Waals surface area contributed by atoms with Crippen molar-refractivity contribution in [3.05, 3.63) is 24.2 Å². The number of furan rings is 1. The van der Waals surface area contributed by atoms with E-state index in [4.69, 9.17) is 4.42 Å². The van der Waals surface area contributed by atoms with Crippen molar-refractivity contribution >= 4 is 0 Å². The molecule has 1 heterocycles. The molecule has 0 spiro atoms. The number of likely N-dealkylation sites (N-methyl/N-ethyl adjacent to an activating group) is 1. The number of nitrogens with zero attached hydrogens (tertiary/aromatic N) is 1. The summed E-state index contributed by atoms with van der Waals surface area (Å²) >= 11 is 0. The molecular weight excluding hydrogens is 200 g/mol. The molecule has 0 saturated heterocycles. The first-order chi connectivity index (χ1) is 7.53. The SMILES string of the molecule is CCC(C)(C)NCCN(C)Cc1ccco1. The zero-order chi connectivity index (χ0) is 12.0. The van der Waals surface area contributed by atoms with Crippen LogP contribution < -0.4 is 5.32 Å². The summed E-state index contributed by atoms with van der Waals surface area (Å²) in [6.45, 7) is 9.60. The molecule has 92 valence electrons. The molecular formula is C13H24N2O. The molecule has 0 radical (unpaired) electrons. The Morgan fingerprint density at radius 1 is 1.44 bits per heavy atom. The van der Waals surface area contributed by atoms with E-state index in [2.05, 4.69) is 38.0 Å². The summed E-state index contributed by atoms with van der Waals surface area (Å²) in [7, 11) is 2.11. The lowest BCUT2D eigenvalue weighted by molar-refractivity contribution is 0.273. The van der Waals surface area contributed by atoms with Gasteiger partial charge in [-0.05, 0) is 39.4 Å². The number of rotatable bonds is 7. The van der Waals surface area contributed by atoms with E-state index >= 15 is 0 Å². The summed E-state index contributed by atoms with van der Waals surface area (Å²) in [4.78, 5) is 2.26. The maximum Gasteiger partial charge on any atom is 0.117 e. The van der Waals surface area contributed by atoms with Crippen LogP contribution >= 0.6 is 0 Å². The third-order valence-electron chi connectivity index (χ3n) is 2.99. The quantitative estimate of drug-likeness (QED) is 0.771. The number of nitrogens with one attached hydrogen (secondary N) is 1. The van der Waals surface area contributed by atoms with Gasteiger partial charge in [0.25, 0.3) is 0 Å². The van der Waals surface area contributed by atoms with Gasteiger partial charge in [-0.1, -0.05) is 6.92 Å². The van der Waals surface area contributed by atoms with E-state index in [1.165, 1.54) is 0 Å². The van der Waals surface area contributed by atoms with Crippen LogP contribution in [-0.2, 0) is 6.54 Å². The largest absolute Gasteiger partial charge is 0.468 e. The van der Waals surface area contributed by atoms with Crippen LogP contribution in [-0.4, -0.2) is 30.6 Å². The van der Waals surface area contributed by atoms with Crippen LogP contribution in [0.5, 0.6) is 0 Å². The van der Waals surface area contributed by atoms with E-state index in [9.17, 15) is 0 Å². The lowest BCUT2D eigenvalue weighted by Gasteiger charge is -2.26. The lowest BCUT2D eigenvalue weighted by atomic mass is 10.0. The number of hydrogen-bond donors (Lipinski definition) is 1. The van der Waals surface area contributed by atoms with E-state index in [0.29, 0.717) is 0 Å². The average molecular weight is 224 g/mol. The van der Waals surface area contributed by atoms with Gasteiger partial charge in [-0.15, -0.1) is 0 Å². The first-order valence-corrected chi connectivity index (χ1v) is 5.99.